The number of nitrogens with zero attached hydrogens (tertiary/aromatic N) is 1. The van der Waals surface area contributed by atoms with E-state index in [1.54, 1.807) is 31.3 Å². The Morgan fingerprint density at radius 3 is 2.72 bits per heavy atom. The molecule has 0 bridgehead atoms. The van der Waals surface area contributed by atoms with Gasteiger partial charge in [-0.15, -0.1) is 0 Å². The second-order valence-corrected chi connectivity index (χ2v) is 4.84. The van der Waals surface area contributed by atoms with Crippen molar-refractivity contribution in [1.29, 1.82) is 0 Å². The van der Waals surface area contributed by atoms with Crippen LogP contribution in [0.3, 0.4) is 0 Å². The topological polar surface area (TPSA) is 48.1 Å². The van der Waals surface area contributed by atoms with E-state index in [0.29, 0.717) is 5.75 Å². The van der Waals surface area contributed by atoms with Crippen LogP contribution in [0.5, 0.6) is 11.5 Å². The summed E-state index contributed by atoms with van der Waals surface area (Å²) in [6.45, 7) is 1.80. The van der Waals surface area contributed by atoms with Crippen LogP contribution in [0, 0.1) is 5.82 Å². The molecule has 1 atom stereocenters. The van der Waals surface area contributed by atoms with Gasteiger partial charge in [-0.25, -0.2) is 4.39 Å². The maximum absolute atomic E-state index is 13.8. The largest absolute Gasteiger partial charge is 0.453 e. The van der Waals surface area contributed by atoms with E-state index in [0.717, 1.165) is 10.0 Å². The zero-order valence-corrected chi connectivity index (χ0v) is 11.3. The lowest BCUT2D eigenvalue weighted by Gasteiger charge is -2.10. The molecule has 18 heavy (non-hydrogen) atoms. The molecule has 0 spiro atoms. The fourth-order valence-electron chi connectivity index (χ4n) is 1.46. The monoisotopic (exact) mass is 310 g/mol. The van der Waals surface area contributed by atoms with Crippen molar-refractivity contribution in [2.75, 3.05) is 0 Å². The third-order valence-corrected chi connectivity index (χ3v) is 2.82. The first kappa shape index (κ1) is 13.0. The molecule has 0 saturated heterocycles. The van der Waals surface area contributed by atoms with Gasteiger partial charge in [0.2, 0.25) is 0 Å². The van der Waals surface area contributed by atoms with Gasteiger partial charge in [-0.1, -0.05) is 6.07 Å². The minimum absolute atomic E-state index is 0.152. The first-order chi connectivity index (χ1) is 8.56. The SMILES string of the molecule is CC(N)c1ccc(Oc2cncc(Br)c2)c(F)c1. The van der Waals surface area contributed by atoms with Crippen LogP contribution in [0.2, 0.25) is 0 Å². The van der Waals surface area contributed by atoms with E-state index in [1.165, 1.54) is 12.3 Å². The second kappa shape index (κ2) is 5.46. The molecule has 2 aromatic rings. The molecule has 0 radical (unpaired) electrons. The van der Waals surface area contributed by atoms with Crippen molar-refractivity contribution in [3.63, 3.8) is 0 Å². The molecule has 5 heteroatoms. The Bertz CT molecular complexity index is 560. The summed E-state index contributed by atoms with van der Waals surface area (Å²) in [6.07, 6.45) is 3.14. The molecule has 0 amide bonds. The Labute approximate surface area is 113 Å². The number of ether oxygens (including phenoxy) is 1. The predicted octanol–water partition coefficient (Wildman–Crippen LogP) is 3.80. The van der Waals surface area contributed by atoms with E-state index in [1.807, 2.05) is 0 Å². The van der Waals surface area contributed by atoms with E-state index in [4.69, 9.17) is 10.5 Å². The number of nitrogens with two attached hydrogens (primary N) is 1. The van der Waals surface area contributed by atoms with Crippen LogP contribution in [-0.4, -0.2) is 4.98 Å². The zero-order chi connectivity index (χ0) is 13.1. The number of benzene rings is 1. The summed E-state index contributed by atoms with van der Waals surface area (Å²) < 4.78 is 20.0. The summed E-state index contributed by atoms with van der Waals surface area (Å²) in [5.74, 6) is 0.181. The molecule has 1 heterocycles. The molecule has 1 aromatic carbocycles. The Kier molecular flexibility index (Phi) is 3.93. The van der Waals surface area contributed by atoms with Crippen molar-refractivity contribution in [3.8, 4) is 11.5 Å². The molecular formula is C13H12BrFN2O. The molecular weight excluding hydrogens is 299 g/mol. The van der Waals surface area contributed by atoms with Crippen LogP contribution in [0.1, 0.15) is 18.5 Å². The second-order valence-electron chi connectivity index (χ2n) is 3.92. The number of halogens is 2. The lowest BCUT2D eigenvalue weighted by Crippen LogP contribution is -2.05. The highest BCUT2D eigenvalue weighted by atomic mass is 79.9. The van der Waals surface area contributed by atoms with Crippen molar-refractivity contribution in [3.05, 3.63) is 52.5 Å². The number of aromatic nitrogens is 1. The number of hydrogen-bond acceptors (Lipinski definition) is 3. The summed E-state index contributed by atoms with van der Waals surface area (Å²) in [4.78, 5) is 3.94. The predicted molar refractivity (Wildman–Crippen MR) is 71.0 cm³/mol. The number of hydrogen-bond donors (Lipinski definition) is 1. The maximum Gasteiger partial charge on any atom is 0.166 e. The van der Waals surface area contributed by atoms with Gasteiger partial charge in [0.1, 0.15) is 5.75 Å². The lowest BCUT2D eigenvalue weighted by atomic mass is 10.1. The molecule has 3 nitrogen and oxygen atoms in total. The molecule has 0 fully saturated rings. The van der Waals surface area contributed by atoms with Gasteiger partial charge in [-0.3, -0.25) is 4.98 Å². The summed E-state index contributed by atoms with van der Waals surface area (Å²) in [7, 11) is 0. The van der Waals surface area contributed by atoms with Crippen molar-refractivity contribution < 1.29 is 9.13 Å². The van der Waals surface area contributed by atoms with Crippen LogP contribution in [0.4, 0.5) is 4.39 Å². The van der Waals surface area contributed by atoms with Crippen LogP contribution >= 0.6 is 15.9 Å². The third kappa shape index (κ3) is 3.05. The zero-order valence-electron chi connectivity index (χ0n) is 9.73. The fourth-order valence-corrected chi connectivity index (χ4v) is 1.80. The molecule has 0 aliphatic carbocycles. The molecule has 0 aliphatic rings. The summed E-state index contributed by atoms with van der Waals surface area (Å²) in [5, 5.41) is 0. The molecule has 0 saturated carbocycles. The van der Waals surface area contributed by atoms with Gasteiger partial charge in [0.05, 0.1) is 6.20 Å². The van der Waals surface area contributed by atoms with E-state index in [-0.39, 0.29) is 11.8 Å². The first-order valence-electron chi connectivity index (χ1n) is 5.39. The highest BCUT2D eigenvalue weighted by molar-refractivity contribution is 9.10. The van der Waals surface area contributed by atoms with Crippen molar-refractivity contribution in [1.82, 2.24) is 4.98 Å². The standard InChI is InChI=1S/C13H12BrFN2O/c1-8(16)9-2-3-13(12(15)4-9)18-11-5-10(14)6-17-7-11/h2-8H,16H2,1H3. The molecule has 2 rings (SSSR count). The van der Waals surface area contributed by atoms with Gasteiger partial charge < -0.3 is 10.5 Å². The fraction of sp³-hybridized carbons (Fsp3) is 0.154. The van der Waals surface area contributed by atoms with Crippen molar-refractivity contribution >= 4 is 15.9 Å². The summed E-state index contributed by atoms with van der Waals surface area (Å²) in [5.41, 5.74) is 6.41. The number of pyridine rings is 1. The van der Waals surface area contributed by atoms with Crippen LogP contribution in [0.15, 0.2) is 41.1 Å². The lowest BCUT2D eigenvalue weighted by molar-refractivity contribution is 0.439. The van der Waals surface area contributed by atoms with Gasteiger partial charge in [0.15, 0.2) is 11.6 Å². The van der Waals surface area contributed by atoms with Gasteiger partial charge in [0.25, 0.3) is 0 Å². The molecule has 0 aliphatic heterocycles. The van der Waals surface area contributed by atoms with Gasteiger partial charge in [0, 0.05) is 16.7 Å². The third-order valence-electron chi connectivity index (χ3n) is 2.39. The quantitative estimate of drug-likeness (QED) is 0.938. The van der Waals surface area contributed by atoms with E-state index in [9.17, 15) is 4.39 Å². The minimum Gasteiger partial charge on any atom is -0.453 e. The smallest absolute Gasteiger partial charge is 0.166 e. The van der Waals surface area contributed by atoms with Gasteiger partial charge in [-0.05, 0) is 46.6 Å². The Morgan fingerprint density at radius 1 is 1.33 bits per heavy atom. The number of rotatable bonds is 3. The molecule has 94 valence electrons. The van der Waals surface area contributed by atoms with E-state index in [2.05, 4.69) is 20.9 Å². The van der Waals surface area contributed by atoms with Crippen LogP contribution in [0.25, 0.3) is 0 Å². The van der Waals surface area contributed by atoms with Crippen molar-refractivity contribution in [2.45, 2.75) is 13.0 Å². The van der Waals surface area contributed by atoms with E-state index < -0.39 is 5.82 Å². The van der Waals surface area contributed by atoms with Gasteiger partial charge in [-0.2, -0.15) is 0 Å². The minimum atomic E-state index is -0.440. The normalized spacial score (nSPS) is 12.2. The van der Waals surface area contributed by atoms with Crippen LogP contribution < -0.4 is 10.5 Å². The Balaban J connectivity index is 2.24. The van der Waals surface area contributed by atoms with Crippen LogP contribution in [-0.2, 0) is 0 Å². The Morgan fingerprint density at radius 2 is 2.11 bits per heavy atom. The molecule has 2 N–H and O–H groups in total. The molecule has 1 aromatic heterocycles. The van der Waals surface area contributed by atoms with E-state index >= 15 is 0 Å². The van der Waals surface area contributed by atoms with Crippen molar-refractivity contribution in [2.24, 2.45) is 5.73 Å². The average Bonchev–Trinajstić information content (AvgIpc) is 2.31. The van der Waals surface area contributed by atoms with Gasteiger partial charge >= 0.3 is 0 Å². The first-order valence-corrected chi connectivity index (χ1v) is 6.19. The highest BCUT2D eigenvalue weighted by Gasteiger charge is 2.08. The Hall–Kier alpha value is -1.46. The molecule has 1 unspecified atom stereocenters. The average molecular weight is 311 g/mol. The highest BCUT2D eigenvalue weighted by Crippen LogP contribution is 2.27. The summed E-state index contributed by atoms with van der Waals surface area (Å²) >= 11 is 3.27. The summed E-state index contributed by atoms with van der Waals surface area (Å²) in [6, 6.07) is 6.20. The maximum atomic E-state index is 13.8.